The van der Waals surface area contributed by atoms with Gasteiger partial charge in [-0.15, -0.1) is 0 Å². The van der Waals surface area contributed by atoms with Crippen LogP contribution in [0.25, 0.3) is 0 Å². The third-order valence-electron chi connectivity index (χ3n) is 3.57. The minimum Gasteiger partial charge on any atom is -0.396 e. The predicted molar refractivity (Wildman–Crippen MR) is 91.0 cm³/mol. The Hall–Kier alpha value is -1.39. The second-order valence-electron chi connectivity index (χ2n) is 5.66. The highest BCUT2D eigenvalue weighted by molar-refractivity contribution is 5.94. The van der Waals surface area contributed by atoms with E-state index in [9.17, 15) is 4.79 Å². The second kappa shape index (κ2) is 11.2. The summed E-state index contributed by atoms with van der Waals surface area (Å²) in [6.45, 7) is 8.36. The van der Waals surface area contributed by atoms with Crippen molar-refractivity contribution in [3.05, 3.63) is 35.4 Å². The van der Waals surface area contributed by atoms with Crippen LogP contribution in [0.15, 0.2) is 24.3 Å². The van der Waals surface area contributed by atoms with Crippen molar-refractivity contribution in [1.82, 2.24) is 10.2 Å². The minimum atomic E-state index is -0.0385. The predicted octanol–water partition coefficient (Wildman–Crippen LogP) is 2.81. The molecule has 0 unspecified atom stereocenters. The van der Waals surface area contributed by atoms with E-state index in [-0.39, 0.29) is 12.5 Å². The monoisotopic (exact) mass is 306 g/mol. The van der Waals surface area contributed by atoms with Crippen molar-refractivity contribution in [2.24, 2.45) is 0 Å². The molecule has 0 spiro atoms. The molecule has 22 heavy (non-hydrogen) atoms. The van der Waals surface area contributed by atoms with E-state index in [2.05, 4.69) is 24.1 Å². The Kier molecular flexibility index (Phi) is 9.51. The Morgan fingerprint density at radius 1 is 1.09 bits per heavy atom. The van der Waals surface area contributed by atoms with E-state index in [1.165, 1.54) is 5.56 Å². The van der Waals surface area contributed by atoms with Crippen LogP contribution in [-0.4, -0.2) is 42.2 Å². The van der Waals surface area contributed by atoms with Crippen molar-refractivity contribution in [2.45, 2.75) is 46.1 Å². The van der Waals surface area contributed by atoms with Gasteiger partial charge in [-0.3, -0.25) is 9.69 Å². The molecule has 0 saturated heterocycles. The fourth-order valence-electron chi connectivity index (χ4n) is 2.46. The number of aliphatic hydroxyl groups is 1. The summed E-state index contributed by atoms with van der Waals surface area (Å²) < 4.78 is 0. The maximum absolute atomic E-state index is 12.0. The number of rotatable bonds is 11. The van der Waals surface area contributed by atoms with Gasteiger partial charge in [-0.25, -0.2) is 0 Å². The summed E-state index contributed by atoms with van der Waals surface area (Å²) in [6.07, 6.45) is 3.86. The van der Waals surface area contributed by atoms with E-state index >= 15 is 0 Å². The Morgan fingerprint density at radius 2 is 1.73 bits per heavy atom. The maximum atomic E-state index is 12.0. The number of aliphatic hydroxyl groups excluding tert-OH is 1. The number of unbranched alkanes of at least 4 members (excludes halogenated alkanes) is 1. The van der Waals surface area contributed by atoms with Crippen molar-refractivity contribution in [2.75, 3.05) is 26.2 Å². The summed E-state index contributed by atoms with van der Waals surface area (Å²) in [5, 5.41) is 11.6. The van der Waals surface area contributed by atoms with E-state index in [0.717, 1.165) is 45.3 Å². The number of nitrogens with zero attached hydrogens (tertiary/aromatic N) is 1. The number of amides is 1. The number of carbonyl (C=O) groups excluding carboxylic acids is 1. The fraction of sp³-hybridized carbons (Fsp3) is 0.611. The fourth-order valence-corrected chi connectivity index (χ4v) is 2.46. The zero-order valence-electron chi connectivity index (χ0n) is 14.0. The van der Waals surface area contributed by atoms with Crippen LogP contribution in [0.4, 0.5) is 0 Å². The lowest BCUT2D eigenvalue weighted by atomic mass is 10.1. The largest absolute Gasteiger partial charge is 0.396 e. The molecule has 0 atom stereocenters. The van der Waals surface area contributed by atoms with E-state index in [0.29, 0.717) is 12.1 Å². The smallest absolute Gasteiger partial charge is 0.251 e. The molecule has 0 bridgehead atoms. The average Bonchev–Trinajstić information content (AvgIpc) is 2.52. The molecule has 0 aliphatic carbocycles. The Bertz CT molecular complexity index is 412. The topological polar surface area (TPSA) is 52.6 Å². The van der Waals surface area contributed by atoms with Crippen LogP contribution in [0.3, 0.4) is 0 Å². The molecule has 0 fully saturated rings. The molecule has 2 N–H and O–H groups in total. The quantitative estimate of drug-likeness (QED) is 0.618. The van der Waals surface area contributed by atoms with Crippen LogP contribution in [0, 0.1) is 0 Å². The lowest BCUT2D eigenvalue weighted by Gasteiger charge is -2.21. The van der Waals surface area contributed by atoms with Gasteiger partial charge < -0.3 is 10.4 Å². The molecule has 4 nitrogen and oxygen atoms in total. The van der Waals surface area contributed by atoms with E-state index < -0.39 is 0 Å². The van der Waals surface area contributed by atoms with Crippen LogP contribution < -0.4 is 5.32 Å². The normalized spacial score (nSPS) is 10.9. The van der Waals surface area contributed by atoms with Gasteiger partial charge in [0, 0.05) is 25.3 Å². The first-order chi connectivity index (χ1) is 10.7. The standard InChI is InChI=1S/C18H30N2O2/c1-3-12-20(13-4-2)15-16-7-9-17(10-8-16)18(22)19-11-5-6-14-21/h7-10,21H,3-6,11-15H2,1-2H3,(H,19,22). The first kappa shape index (κ1) is 18.7. The highest BCUT2D eigenvalue weighted by atomic mass is 16.2. The zero-order chi connectivity index (χ0) is 16.2. The third kappa shape index (κ3) is 7.05. The second-order valence-corrected chi connectivity index (χ2v) is 5.66. The van der Waals surface area contributed by atoms with Gasteiger partial charge in [0.2, 0.25) is 0 Å². The molecular weight excluding hydrogens is 276 g/mol. The van der Waals surface area contributed by atoms with E-state index in [1.54, 1.807) is 0 Å². The molecule has 0 aromatic heterocycles. The van der Waals surface area contributed by atoms with E-state index in [4.69, 9.17) is 5.11 Å². The van der Waals surface area contributed by atoms with Crippen LogP contribution in [0.1, 0.15) is 55.5 Å². The summed E-state index contributed by atoms with van der Waals surface area (Å²) in [5.74, 6) is -0.0385. The van der Waals surface area contributed by atoms with Gasteiger partial charge in [0.15, 0.2) is 0 Å². The molecule has 1 rings (SSSR count). The molecule has 0 saturated carbocycles. The van der Waals surface area contributed by atoms with Crippen molar-refractivity contribution >= 4 is 5.91 Å². The van der Waals surface area contributed by atoms with E-state index in [1.807, 2.05) is 24.3 Å². The number of hydrogen-bond donors (Lipinski definition) is 2. The molecule has 0 radical (unpaired) electrons. The molecular formula is C18H30N2O2. The molecule has 1 aromatic carbocycles. The number of carbonyl (C=O) groups is 1. The highest BCUT2D eigenvalue weighted by Gasteiger charge is 2.07. The van der Waals surface area contributed by atoms with Crippen LogP contribution in [-0.2, 0) is 6.54 Å². The summed E-state index contributed by atoms with van der Waals surface area (Å²) in [6, 6.07) is 7.88. The van der Waals surface area contributed by atoms with Crippen molar-refractivity contribution in [3.63, 3.8) is 0 Å². The van der Waals surface area contributed by atoms with Crippen molar-refractivity contribution < 1.29 is 9.90 Å². The van der Waals surface area contributed by atoms with Gasteiger partial charge in [0.25, 0.3) is 5.91 Å². The van der Waals surface area contributed by atoms with Crippen molar-refractivity contribution in [3.8, 4) is 0 Å². The first-order valence-electron chi connectivity index (χ1n) is 8.41. The molecule has 1 aromatic rings. The van der Waals surface area contributed by atoms with Gasteiger partial charge in [-0.05, 0) is 56.5 Å². The van der Waals surface area contributed by atoms with Crippen LogP contribution in [0.2, 0.25) is 0 Å². The zero-order valence-corrected chi connectivity index (χ0v) is 14.0. The molecule has 124 valence electrons. The van der Waals surface area contributed by atoms with Gasteiger partial charge >= 0.3 is 0 Å². The summed E-state index contributed by atoms with van der Waals surface area (Å²) >= 11 is 0. The summed E-state index contributed by atoms with van der Waals surface area (Å²) in [4.78, 5) is 14.4. The van der Waals surface area contributed by atoms with Gasteiger partial charge in [0.05, 0.1) is 0 Å². The summed E-state index contributed by atoms with van der Waals surface area (Å²) in [5.41, 5.74) is 1.95. The van der Waals surface area contributed by atoms with Gasteiger partial charge in [-0.2, -0.15) is 0 Å². The molecule has 0 heterocycles. The van der Waals surface area contributed by atoms with Crippen molar-refractivity contribution in [1.29, 1.82) is 0 Å². The SMILES string of the molecule is CCCN(CCC)Cc1ccc(C(=O)NCCCCO)cc1. The minimum absolute atomic E-state index is 0.0385. The lowest BCUT2D eigenvalue weighted by Crippen LogP contribution is -2.25. The Balaban J connectivity index is 2.49. The first-order valence-corrected chi connectivity index (χ1v) is 8.41. The van der Waals surface area contributed by atoms with Crippen LogP contribution in [0.5, 0.6) is 0 Å². The number of benzene rings is 1. The summed E-state index contributed by atoms with van der Waals surface area (Å²) in [7, 11) is 0. The lowest BCUT2D eigenvalue weighted by molar-refractivity contribution is 0.0952. The maximum Gasteiger partial charge on any atom is 0.251 e. The number of nitrogens with one attached hydrogen (secondary N) is 1. The molecule has 1 amide bonds. The van der Waals surface area contributed by atoms with Gasteiger partial charge in [-0.1, -0.05) is 26.0 Å². The van der Waals surface area contributed by atoms with Crippen LogP contribution >= 0.6 is 0 Å². The average molecular weight is 306 g/mol. The van der Waals surface area contributed by atoms with Gasteiger partial charge in [0.1, 0.15) is 0 Å². The Morgan fingerprint density at radius 3 is 2.27 bits per heavy atom. The Labute approximate surface area is 134 Å². The molecule has 0 aliphatic heterocycles. The number of hydrogen-bond acceptors (Lipinski definition) is 3. The highest BCUT2D eigenvalue weighted by Crippen LogP contribution is 2.09. The molecule has 4 heteroatoms. The molecule has 0 aliphatic rings. The third-order valence-corrected chi connectivity index (χ3v) is 3.57.